The number of aliphatic hydroxyl groups is 1. The molecule has 2 aliphatic heterocycles. The minimum atomic E-state index is -3.38. The van der Waals surface area contributed by atoms with Crippen LogP contribution in [0, 0.1) is 11.3 Å². The van der Waals surface area contributed by atoms with Crippen LogP contribution in [0.4, 0.5) is 5.69 Å². The highest BCUT2D eigenvalue weighted by molar-refractivity contribution is 7.92. The Morgan fingerprint density at radius 1 is 1.22 bits per heavy atom. The molecule has 1 fully saturated rings. The second-order valence-electron chi connectivity index (χ2n) is 8.53. The van der Waals surface area contributed by atoms with Crippen molar-refractivity contribution in [3.63, 3.8) is 0 Å². The third-order valence-corrected chi connectivity index (χ3v) is 6.74. The molecule has 0 bridgehead atoms. The van der Waals surface area contributed by atoms with E-state index in [2.05, 4.69) is 15.7 Å². The molecule has 1 saturated heterocycles. The molecular weight excluding hydrogens is 450 g/mol. The standard InChI is InChI=1S/C23H27N3O4S.ClH/c1-31(28,29)25-19-6-7-22-20(14-19)21(27)15-23(30-22)9-12-26(13-10-23)11-8-17-2-4-18(16-24)5-3-17;/h2-7,14,21,25,27H,8-13,15H2,1H3;1H/t21-;/m0./s1. The van der Waals surface area contributed by atoms with Gasteiger partial charge >= 0.3 is 0 Å². The first-order valence-electron chi connectivity index (χ1n) is 10.5. The number of fused-ring (bicyclic) bond motifs is 1. The molecule has 0 radical (unpaired) electrons. The normalized spacial score (nSPS) is 19.8. The first-order valence-corrected chi connectivity index (χ1v) is 12.3. The summed E-state index contributed by atoms with van der Waals surface area (Å²) in [5.74, 6) is 0.629. The van der Waals surface area contributed by atoms with Crippen LogP contribution in [-0.4, -0.2) is 49.9 Å². The third kappa shape index (κ3) is 5.73. The molecule has 2 aromatic carbocycles. The molecule has 9 heteroatoms. The van der Waals surface area contributed by atoms with Crippen LogP contribution in [0.3, 0.4) is 0 Å². The number of nitrogens with zero attached hydrogens (tertiary/aromatic N) is 2. The summed E-state index contributed by atoms with van der Waals surface area (Å²) in [7, 11) is -3.38. The number of sulfonamides is 1. The Morgan fingerprint density at radius 2 is 1.91 bits per heavy atom. The van der Waals surface area contributed by atoms with Gasteiger partial charge in [0.2, 0.25) is 10.0 Å². The molecule has 0 saturated carbocycles. The van der Waals surface area contributed by atoms with Crippen molar-refractivity contribution in [2.75, 3.05) is 30.6 Å². The summed E-state index contributed by atoms with van der Waals surface area (Å²) in [5, 5.41) is 19.7. The Balaban J connectivity index is 0.00000289. The van der Waals surface area contributed by atoms with E-state index in [-0.39, 0.29) is 18.0 Å². The van der Waals surface area contributed by atoms with Gasteiger partial charge in [0.15, 0.2) is 0 Å². The van der Waals surface area contributed by atoms with Crippen molar-refractivity contribution in [1.82, 2.24) is 4.90 Å². The molecule has 0 unspecified atom stereocenters. The lowest BCUT2D eigenvalue weighted by Crippen LogP contribution is -2.50. The van der Waals surface area contributed by atoms with Gasteiger partial charge in [-0.3, -0.25) is 4.72 Å². The average Bonchev–Trinajstić information content (AvgIpc) is 2.73. The van der Waals surface area contributed by atoms with Crippen LogP contribution < -0.4 is 9.46 Å². The van der Waals surface area contributed by atoms with E-state index < -0.39 is 16.1 Å². The van der Waals surface area contributed by atoms with E-state index in [0.29, 0.717) is 29.0 Å². The summed E-state index contributed by atoms with van der Waals surface area (Å²) >= 11 is 0. The van der Waals surface area contributed by atoms with Gasteiger partial charge in [-0.25, -0.2) is 8.42 Å². The highest BCUT2D eigenvalue weighted by Crippen LogP contribution is 2.45. The van der Waals surface area contributed by atoms with Crippen LogP contribution in [0.2, 0.25) is 0 Å². The molecule has 32 heavy (non-hydrogen) atoms. The van der Waals surface area contributed by atoms with E-state index >= 15 is 0 Å². The lowest BCUT2D eigenvalue weighted by molar-refractivity contribution is -0.0536. The molecule has 2 aliphatic rings. The van der Waals surface area contributed by atoms with E-state index in [1.54, 1.807) is 18.2 Å². The number of ether oxygens (including phenoxy) is 1. The molecular formula is C23H28ClN3O4S. The third-order valence-electron chi connectivity index (χ3n) is 6.13. The van der Waals surface area contributed by atoms with Crippen molar-refractivity contribution >= 4 is 28.1 Å². The zero-order valence-electron chi connectivity index (χ0n) is 18.0. The summed E-state index contributed by atoms with van der Waals surface area (Å²) in [4.78, 5) is 2.41. The van der Waals surface area contributed by atoms with Gasteiger partial charge in [0, 0.05) is 37.3 Å². The van der Waals surface area contributed by atoms with Crippen molar-refractivity contribution in [2.45, 2.75) is 37.4 Å². The van der Waals surface area contributed by atoms with Gasteiger partial charge in [-0.2, -0.15) is 5.26 Å². The molecule has 0 amide bonds. The Labute approximate surface area is 195 Å². The highest BCUT2D eigenvalue weighted by atomic mass is 35.5. The molecule has 1 spiro atoms. The number of piperidine rings is 1. The monoisotopic (exact) mass is 477 g/mol. The van der Waals surface area contributed by atoms with Gasteiger partial charge in [-0.1, -0.05) is 12.1 Å². The first-order chi connectivity index (χ1) is 14.8. The number of likely N-dealkylation sites (tertiary alicyclic amines) is 1. The number of aliphatic hydroxyl groups excluding tert-OH is 1. The smallest absolute Gasteiger partial charge is 0.229 e. The predicted molar refractivity (Wildman–Crippen MR) is 126 cm³/mol. The number of nitrogens with one attached hydrogen (secondary N) is 1. The zero-order valence-corrected chi connectivity index (χ0v) is 19.6. The van der Waals surface area contributed by atoms with Crippen LogP contribution >= 0.6 is 12.4 Å². The Morgan fingerprint density at radius 3 is 2.53 bits per heavy atom. The topological polar surface area (TPSA) is 103 Å². The van der Waals surface area contributed by atoms with Gasteiger partial charge in [0.25, 0.3) is 0 Å². The molecule has 1 atom stereocenters. The maximum atomic E-state index is 11.5. The van der Waals surface area contributed by atoms with E-state index in [4.69, 9.17) is 10.00 Å². The summed E-state index contributed by atoms with van der Waals surface area (Å²) in [5.41, 5.74) is 2.57. The maximum Gasteiger partial charge on any atom is 0.229 e. The predicted octanol–water partition coefficient (Wildman–Crippen LogP) is 3.24. The Bertz CT molecular complexity index is 1090. The van der Waals surface area contributed by atoms with Crippen molar-refractivity contribution in [2.24, 2.45) is 0 Å². The summed E-state index contributed by atoms with van der Waals surface area (Å²) in [6, 6.07) is 14.9. The van der Waals surface area contributed by atoms with Crippen molar-refractivity contribution in [1.29, 1.82) is 5.26 Å². The number of halogens is 1. The summed E-state index contributed by atoms with van der Waals surface area (Å²) in [6.45, 7) is 2.74. The second kappa shape index (κ2) is 9.67. The largest absolute Gasteiger partial charge is 0.487 e. The van der Waals surface area contributed by atoms with Crippen LogP contribution in [0.1, 0.15) is 42.1 Å². The molecule has 172 valence electrons. The number of rotatable bonds is 5. The number of hydrogen-bond donors (Lipinski definition) is 2. The van der Waals surface area contributed by atoms with E-state index in [1.807, 2.05) is 24.3 Å². The Hall–Kier alpha value is -2.31. The molecule has 0 aliphatic carbocycles. The van der Waals surface area contributed by atoms with Crippen LogP contribution in [0.25, 0.3) is 0 Å². The maximum absolute atomic E-state index is 11.5. The molecule has 7 nitrogen and oxygen atoms in total. The van der Waals surface area contributed by atoms with Crippen LogP contribution in [0.5, 0.6) is 5.75 Å². The van der Waals surface area contributed by atoms with Gasteiger partial charge in [-0.05, 0) is 55.2 Å². The van der Waals surface area contributed by atoms with E-state index in [9.17, 15) is 13.5 Å². The van der Waals surface area contributed by atoms with E-state index in [0.717, 1.165) is 45.2 Å². The Kier molecular flexibility index (Phi) is 7.36. The van der Waals surface area contributed by atoms with Gasteiger partial charge in [0.05, 0.1) is 24.0 Å². The fourth-order valence-electron chi connectivity index (χ4n) is 4.44. The number of nitriles is 1. The van der Waals surface area contributed by atoms with Gasteiger partial charge in [-0.15, -0.1) is 12.4 Å². The lowest BCUT2D eigenvalue weighted by Gasteiger charge is -2.46. The summed E-state index contributed by atoms with van der Waals surface area (Å²) in [6.07, 6.45) is 3.52. The number of hydrogen-bond acceptors (Lipinski definition) is 6. The quantitative estimate of drug-likeness (QED) is 0.685. The van der Waals surface area contributed by atoms with Crippen LogP contribution in [0.15, 0.2) is 42.5 Å². The average molecular weight is 478 g/mol. The van der Waals surface area contributed by atoms with Crippen molar-refractivity contribution in [3.05, 3.63) is 59.2 Å². The minimum absolute atomic E-state index is 0. The number of benzene rings is 2. The molecule has 2 aromatic rings. The zero-order chi connectivity index (χ0) is 22.1. The second-order valence-corrected chi connectivity index (χ2v) is 10.3. The number of anilines is 1. The summed E-state index contributed by atoms with van der Waals surface area (Å²) < 4.78 is 31.8. The van der Waals surface area contributed by atoms with Gasteiger partial charge < -0.3 is 14.7 Å². The first kappa shape index (κ1) is 24.3. The minimum Gasteiger partial charge on any atom is -0.487 e. The van der Waals surface area contributed by atoms with E-state index in [1.165, 1.54) is 5.56 Å². The SMILES string of the molecule is CS(=O)(=O)Nc1ccc2c(c1)[C@@H](O)CC1(CCN(CCc3ccc(C#N)cc3)CC1)O2.Cl. The highest BCUT2D eigenvalue weighted by Gasteiger charge is 2.42. The molecule has 2 heterocycles. The fourth-order valence-corrected chi connectivity index (χ4v) is 5.00. The van der Waals surface area contributed by atoms with Gasteiger partial charge in [0.1, 0.15) is 11.4 Å². The molecule has 4 rings (SSSR count). The molecule has 0 aromatic heterocycles. The fraction of sp³-hybridized carbons (Fsp3) is 0.435. The van der Waals surface area contributed by atoms with Crippen LogP contribution in [-0.2, 0) is 16.4 Å². The van der Waals surface area contributed by atoms with Crippen molar-refractivity contribution < 1.29 is 18.3 Å². The lowest BCUT2D eigenvalue weighted by atomic mass is 9.81. The van der Waals surface area contributed by atoms with Crippen molar-refractivity contribution in [3.8, 4) is 11.8 Å². The molecule has 2 N–H and O–H groups in total.